The second-order valence-electron chi connectivity index (χ2n) is 9.20. The van der Waals surface area contributed by atoms with Crippen LogP contribution in [0.5, 0.6) is 0 Å². The highest BCUT2D eigenvalue weighted by Crippen LogP contribution is 2.22. The lowest BCUT2D eigenvalue weighted by Gasteiger charge is -2.15. The van der Waals surface area contributed by atoms with Crippen molar-refractivity contribution < 1.29 is 9.53 Å². The first-order chi connectivity index (χ1) is 12.8. The summed E-state index contributed by atoms with van der Waals surface area (Å²) in [7, 11) is 0. The van der Waals surface area contributed by atoms with Crippen molar-refractivity contribution in [2.45, 2.75) is 119 Å². The molecule has 0 aromatic heterocycles. The highest BCUT2D eigenvalue weighted by Gasteiger charge is 2.07. The summed E-state index contributed by atoms with van der Waals surface area (Å²) in [5, 5.41) is 0. The van der Waals surface area contributed by atoms with Crippen molar-refractivity contribution >= 4 is 5.97 Å². The van der Waals surface area contributed by atoms with Gasteiger partial charge in [0.05, 0.1) is 0 Å². The Hall–Kier alpha value is -0.790. The number of hydrogen-bond donors (Lipinski definition) is 0. The summed E-state index contributed by atoms with van der Waals surface area (Å²) in [5.74, 6) is 2.50. The van der Waals surface area contributed by atoms with Gasteiger partial charge in [-0.15, -0.1) is 0 Å². The molecule has 2 nitrogen and oxygen atoms in total. The molecule has 0 N–H and O–H groups in total. The van der Waals surface area contributed by atoms with E-state index in [1.54, 1.807) is 0 Å². The van der Waals surface area contributed by atoms with Crippen molar-refractivity contribution in [1.29, 1.82) is 0 Å². The molecular formula is C25H48O2. The fraction of sp³-hybridized carbons (Fsp3) is 0.880. The van der Waals surface area contributed by atoms with Crippen molar-refractivity contribution in [2.24, 2.45) is 17.8 Å². The van der Waals surface area contributed by atoms with Crippen LogP contribution in [0.4, 0.5) is 0 Å². The number of allylic oxidation sites excluding steroid dienone is 1. The highest BCUT2D eigenvalue weighted by atomic mass is 16.5. The lowest BCUT2D eigenvalue weighted by Crippen LogP contribution is -2.04. The molecule has 0 rings (SSSR count). The van der Waals surface area contributed by atoms with Gasteiger partial charge in [0.25, 0.3) is 0 Å². The molecule has 0 heterocycles. The molecule has 0 aromatic carbocycles. The van der Waals surface area contributed by atoms with Crippen molar-refractivity contribution in [3.63, 3.8) is 0 Å². The second-order valence-corrected chi connectivity index (χ2v) is 9.20. The molecule has 0 saturated carbocycles. The Balaban J connectivity index is 3.67. The second kappa shape index (κ2) is 17.3. The maximum Gasteiger partial charge on any atom is 0.306 e. The van der Waals surface area contributed by atoms with Crippen LogP contribution < -0.4 is 0 Å². The van der Waals surface area contributed by atoms with Crippen LogP contribution in [0.15, 0.2) is 11.6 Å². The largest absolute Gasteiger partial charge is 0.461 e. The minimum Gasteiger partial charge on any atom is -0.461 e. The van der Waals surface area contributed by atoms with Gasteiger partial charge in [0.2, 0.25) is 0 Å². The molecule has 2 atom stereocenters. The molecule has 0 fully saturated rings. The zero-order valence-electron chi connectivity index (χ0n) is 19.3. The van der Waals surface area contributed by atoms with Crippen molar-refractivity contribution in [1.82, 2.24) is 0 Å². The summed E-state index contributed by atoms with van der Waals surface area (Å²) in [6.45, 7) is 14.2. The van der Waals surface area contributed by atoms with E-state index >= 15 is 0 Å². The summed E-state index contributed by atoms with van der Waals surface area (Å²) in [5.41, 5.74) is 1.35. The first-order valence-electron chi connectivity index (χ1n) is 11.7. The third-order valence-corrected chi connectivity index (χ3v) is 5.55. The van der Waals surface area contributed by atoms with Gasteiger partial charge in [0.1, 0.15) is 6.61 Å². The van der Waals surface area contributed by atoms with Gasteiger partial charge in [-0.3, -0.25) is 4.79 Å². The molecule has 0 saturated heterocycles. The minimum atomic E-state index is -0.0621. The number of carbonyl (C=O) groups is 1. The number of hydrogen-bond acceptors (Lipinski definition) is 2. The first-order valence-corrected chi connectivity index (χ1v) is 11.7. The average Bonchev–Trinajstić information content (AvgIpc) is 2.59. The zero-order valence-corrected chi connectivity index (χ0v) is 19.3. The van der Waals surface area contributed by atoms with E-state index in [-0.39, 0.29) is 5.97 Å². The number of unbranched alkanes of at least 4 members (excludes halogenated alkanes) is 1. The Bertz CT molecular complexity index is 384. The predicted octanol–water partition coefficient (Wildman–Crippen LogP) is 8.11. The topological polar surface area (TPSA) is 26.3 Å². The van der Waals surface area contributed by atoms with E-state index in [4.69, 9.17) is 4.74 Å². The maximum absolute atomic E-state index is 11.5. The molecule has 0 aliphatic carbocycles. The molecule has 0 spiro atoms. The quantitative estimate of drug-likeness (QED) is 0.188. The molecule has 27 heavy (non-hydrogen) atoms. The van der Waals surface area contributed by atoms with Crippen molar-refractivity contribution in [3.8, 4) is 0 Å². The van der Waals surface area contributed by atoms with E-state index in [2.05, 4.69) is 47.6 Å². The van der Waals surface area contributed by atoms with Gasteiger partial charge < -0.3 is 4.74 Å². The lowest BCUT2D eigenvalue weighted by atomic mass is 9.91. The van der Waals surface area contributed by atoms with Crippen LogP contribution in [-0.2, 0) is 9.53 Å². The average molecular weight is 381 g/mol. The third-order valence-electron chi connectivity index (χ3n) is 5.55. The normalized spacial score (nSPS) is 14.4. The van der Waals surface area contributed by atoms with Gasteiger partial charge in [-0.05, 0) is 50.0 Å². The standard InChI is InChI=1S/C25H48O2/c1-7-8-18-25(26)27-20-19-24(6)17-11-16-23(5)15-10-14-22(4)13-9-12-21(2)3/h19,21-23H,7-18,20H2,1-6H3/b24-19+. The summed E-state index contributed by atoms with van der Waals surface area (Å²) >= 11 is 0. The van der Waals surface area contributed by atoms with Crippen LogP contribution in [0, 0.1) is 17.8 Å². The van der Waals surface area contributed by atoms with Gasteiger partial charge in [-0.1, -0.05) is 91.6 Å². The molecule has 0 aromatic rings. The fourth-order valence-corrected chi connectivity index (χ4v) is 3.48. The summed E-state index contributed by atoms with van der Waals surface area (Å²) < 4.78 is 5.24. The van der Waals surface area contributed by atoms with E-state index in [9.17, 15) is 4.79 Å². The van der Waals surface area contributed by atoms with E-state index in [1.807, 2.05) is 0 Å². The van der Waals surface area contributed by atoms with E-state index in [0.29, 0.717) is 13.0 Å². The number of esters is 1. The molecule has 2 heteroatoms. The predicted molar refractivity (Wildman–Crippen MR) is 119 cm³/mol. The summed E-state index contributed by atoms with van der Waals surface area (Å²) in [4.78, 5) is 11.5. The molecule has 0 aliphatic heterocycles. The molecule has 160 valence electrons. The number of ether oxygens (including phenoxy) is 1. The first kappa shape index (κ1) is 26.2. The van der Waals surface area contributed by atoms with Crippen LogP contribution in [0.25, 0.3) is 0 Å². The van der Waals surface area contributed by atoms with Gasteiger partial charge in [-0.25, -0.2) is 0 Å². The molecule has 2 unspecified atom stereocenters. The van der Waals surface area contributed by atoms with Crippen LogP contribution in [0.3, 0.4) is 0 Å². The Labute approximate surface area is 170 Å². The monoisotopic (exact) mass is 380 g/mol. The fourth-order valence-electron chi connectivity index (χ4n) is 3.48. The zero-order chi connectivity index (χ0) is 20.5. The lowest BCUT2D eigenvalue weighted by molar-refractivity contribution is -0.142. The van der Waals surface area contributed by atoms with Gasteiger partial charge >= 0.3 is 5.97 Å². The number of rotatable bonds is 17. The molecule has 0 aliphatic rings. The molecule has 0 amide bonds. The van der Waals surface area contributed by atoms with Gasteiger partial charge in [0.15, 0.2) is 0 Å². The SMILES string of the molecule is CCCCC(=O)OC/C=C(\C)CCCC(C)CCCC(C)CCCC(C)C. The molecule has 0 bridgehead atoms. The Morgan fingerprint density at radius 3 is 1.93 bits per heavy atom. The van der Waals surface area contributed by atoms with Gasteiger partial charge in [0, 0.05) is 6.42 Å². The highest BCUT2D eigenvalue weighted by molar-refractivity contribution is 5.69. The molecule has 0 radical (unpaired) electrons. The Morgan fingerprint density at radius 1 is 0.815 bits per heavy atom. The third kappa shape index (κ3) is 18.3. The minimum absolute atomic E-state index is 0.0621. The smallest absolute Gasteiger partial charge is 0.306 e. The molecular weight excluding hydrogens is 332 g/mol. The van der Waals surface area contributed by atoms with E-state index < -0.39 is 0 Å². The van der Waals surface area contributed by atoms with Crippen molar-refractivity contribution in [3.05, 3.63) is 11.6 Å². The van der Waals surface area contributed by atoms with Crippen molar-refractivity contribution in [2.75, 3.05) is 6.61 Å². The van der Waals surface area contributed by atoms with Gasteiger partial charge in [-0.2, -0.15) is 0 Å². The van der Waals surface area contributed by atoms with Crippen LogP contribution >= 0.6 is 0 Å². The van der Waals surface area contributed by atoms with Crippen LogP contribution in [0.2, 0.25) is 0 Å². The maximum atomic E-state index is 11.5. The van der Waals surface area contributed by atoms with Crippen LogP contribution in [0.1, 0.15) is 119 Å². The summed E-state index contributed by atoms with van der Waals surface area (Å²) in [6.07, 6.45) is 16.6. The van der Waals surface area contributed by atoms with E-state index in [1.165, 1.54) is 56.9 Å². The Morgan fingerprint density at radius 2 is 1.37 bits per heavy atom. The van der Waals surface area contributed by atoms with E-state index in [0.717, 1.165) is 37.0 Å². The number of carbonyl (C=O) groups excluding carboxylic acids is 1. The van der Waals surface area contributed by atoms with Crippen LogP contribution in [-0.4, -0.2) is 12.6 Å². The summed E-state index contributed by atoms with van der Waals surface area (Å²) in [6, 6.07) is 0. The Kier molecular flexibility index (Phi) is 16.8.